The molecule has 1 atom stereocenters. The summed E-state index contributed by atoms with van der Waals surface area (Å²) in [6.45, 7) is 21.3. The van der Waals surface area contributed by atoms with E-state index in [1.54, 1.807) is 24.3 Å². The van der Waals surface area contributed by atoms with Crippen LogP contribution in [0, 0.1) is 11.3 Å². The highest BCUT2D eigenvalue weighted by molar-refractivity contribution is 6.74. The van der Waals surface area contributed by atoms with E-state index >= 15 is 0 Å². The highest BCUT2D eigenvalue weighted by Gasteiger charge is 2.47. The molecule has 1 aromatic carbocycles. The molecule has 4 heterocycles. The lowest BCUT2D eigenvalue weighted by atomic mass is 9.83. The van der Waals surface area contributed by atoms with Crippen LogP contribution in [0.1, 0.15) is 83.7 Å². The third kappa shape index (κ3) is 7.22. The average molecular weight is 698 g/mol. The van der Waals surface area contributed by atoms with E-state index in [0.717, 1.165) is 36.3 Å². The number of carbonyl (C=O) groups excluding carboxylic acids is 1. The Kier molecular flexibility index (Phi) is 9.25. The zero-order valence-corrected chi connectivity index (χ0v) is 32.2. The molecule has 1 N–H and O–H groups in total. The Labute approximate surface area is 297 Å². The minimum Gasteiger partial charge on any atom is -0.480 e. The van der Waals surface area contributed by atoms with Gasteiger partial charge in [0, 0.05) is 55.9 Å². The van der Waals surface area contributed by atoms with Crippen LogP contribution in [-0.4, -0.2) is 72.7 Å². The quantitative estimate of drug-likeness (QED) is 0.234. The fourth-order valence-corrected chi connectivity index (χ4v) is 7.57. The van der Waals surface area contributed by atoms with Crippen LogP contribution in [0.5, 0.6) is 5.88 Å². The van der Waals surface area contributed by atoms with Gasteiger partial charge in [-0.25, -0.2) is 19.7 Å². The van der Waals surface area contributed by atoms with Gasteiger partial charge in [-0.1, -0.05) is 27.7 Å². The van der Waals surface area contributed by atoms with Gasteiger partial charge in [-0.05, 0) is 87.1 Å². The second-order valence-corrected chi connectivity index (χ2v) is 21.5. The molecule has 2 aromatic heterocycles. The summed E-state index contributed by atoms with van der Waals surface area (Å²) in [6, 6.07) is 10.8. The topological polar surface area (TPSA) is 126 Å². The van der Waals surface area contributed by atoms with Crippen molar-refractivity contribution in [1.82, 2.24) is 19.9 Å². The molecule has 2 aliphatic heterocycles. The molecular weight excluding hydrogens is 647 g/mol. The molecule has 12 heteroatoms. The highest BCUT2D eigenvalue weighted by atomic mass is 28.4. The lowest BCUT2D eigenvalue weighted by molar-refractivity contribution is 0.0575. The summed E-state index contributed by atoms with van der Waals surface area (Å²) in [7, 11) is -0.521. The zero-order valence-electron chi connectivity index (χ0n) is 31.2. The Morgan fingerprint density at radius 3 is 2.52 bits per heavy atom. The van der Waals surface area contributed by atoms with Gasteiger partial charge >= 0.3 is 6.09 Å². The number of aromatic nitrogens is 3. The molecule has 1 fully saturated rings. The summed E-state index contributed by atoms with van der Waals surface area (Å²) in [5.41, 5.74) is 4.82. The van der Waals surface area contributed by atoms with E-state index in [-0.39, 0.29) is 5.04 Å². The molecule has 6 rings (SSSR count). The minimum atomic E-state index is -2.14. The predicted molar refractivity (Wildman–Crippen MR) is 197 cm³/mol. The van der Waals surface area contributed by atoms with E-state index in [4.69, 9.17) is 23.9 Å². The lowest BCUT2D eigenvalue weighted by Crippen LogP contribution is -2.46. The van der Waals surface area contributed by atoms with E-state index in [1.165, 1.54) is 18.4 Å². The SMILES string of the molecule is COc1nc2c(cc1Nc1nccc(-c3cc(C#N)c4c(c3)[C@@](C)(CO[Si](C)(C)C(C)(C)C)CN4C(=O)OC(C)(C)C)n1)CN(C1CC1)CC2. The number of amides is 1. The smallest absolute Gasteiger partial charge is 0.414 e. The van der Waals surface area contributed by atoms with Gasteiger partial charge in [0.25, 0.3) is 0 Å². The van der Waals surface area contributed by atoms with Crippen LogP contribution >= 0.6 is 0 Å². The van der Waals surface area contributed by atoms with E-state index in [1.807, 2.05) is 32.9 Å². The summed E-state index contributed by atoms with van der Waals surface area (Å²) >= 11 is 0. The summed E-state index contributed by atoms with van der Waals surface area (Å²) in [5, 5.41) is 13.8. The van der Waals surface area contributed by atoms with Crippen molar-refractivity contribution >= 4 is 31.7 Å². The van der Waals surface area contributed by atoms with Gasteiger partial charge in [-0.2, -0.15) is 5.26 Å². The molecule has 0 unspecified atom stereocenters. The first-order chi connectivity index (χ1) is 23.4. The molecule has 11 nitrogen and oxygen atoms in total. The second kappa shape index (κ2) is 12.9. The first kappa shape index (κ1) is 35.8. The van der Waals surface area contributed by atoms with Gasteiger partial charge in [0.2, 0.25) is 11.8 Å². The van der Waals surface area contributed by atoms with Crippen molar-refractivity contribution in [2.45, 2.75) is 109 Å². The van der Waals surface area contributed by atoms with E-state index in [0.29, 0.717) is 53.7 Å². The molecule has 0 saturated heterocycles. The van der Waals surface area contributed by atoms with Crippen molar-refractivity contribution in [2.24, 2.45) is 0 Å². The van der Waals surface area contributed by atoms with Gasteiger partial charge in [0.1, 0.15) is 17.4 Å². The van der Waals surface area contributed by atoms with Crippen molar-refractivity contribution in [1.29, 1.82) is 5.26 Å². The normalized spacial score (nSPS) is 19.4. The Bertz CT molecular complexity index is 1840. The maximum Gasteiger partial charge on any atom is 0.414 e. The van der Waals surface area contributed by atoms with E-state index in [2.05, 4.69) is 68.1 Å². The number of nitrogens with one attached hydrogen (secondary N) is 1. The van der Waals surface area contributed by atoms with Gasteiger partial charge in [0.15, 0.2) is 8.32 Å². The van der Waals surface area contributed by atoms with E-state index in [9.17, 15) is 10.1 Å². The Morgan fingerprint density at radius 1 is 1.14 bits per heavy atom. The van der Waals surface area contributed by atoms with Crippen molar-refractivity contribution in [2.75, 3.05) is 37.0 Å². The number of carbonyl (C=O) groups is 1. The molecule has 0 bridgehead atoms. The molecule has 0 radical (unpaired) electrons. The number of nitriles is 1. The average Bonchev–Trinajstić information content (AvgIpc) is 3.85. The Balaban J connectivity index is 1.36. The minimum absolute atomic E-state index is 0.00647. The number of methoxy groups -OCH3 is 1. The van der Waals surface area contributed by atoms with Gasteiger partial charge < -0.3 is 19.2 Å². The fraction of sp³-hybridized carbons (Fsp3) is 0.553. The number of anilines is 3. The van der Waals surface area contributed by atoms with Crippen LogP contribution in [0.4, 0.5) is 22.1 Å². The maximum absolute atomic E-state index is 13.6. The van der Waals surface area contributed by atoms with Crippen molar-refractivity contribution in [3.8, 4) is 23.2 Å². The van der Waals surface area contributed by atoms with Crippen LogP contribution in [-0.2, 0) is 27.5 Å². The van der Waals surface area contributed by atoms with Crippen LogP contribution in [0.3, 0.4) is 0 Å². The molecule has 50 heavy (non-hydrogen) atoms. The molecule has 1 amide bonds. The van der Waals surface area contributed by atoms with Gasteiger partial charge in [0.05, 0.1) is 29.7 Å². The summed E-state index contributed by atoms with van der Waals surface area (Å²) in [6.07, 6.45) is 4.65. The third-order valence-electron chi connectivity index (χ3n) is 10.4. The van der Waals surface area contributed by atoms with Crippen molar-refractivity contribution in [3.05, 3.63) is 52.8 Å². The monoisotopic (exact) mass is 697 g/mol. The maximum atomic E-state index is 13.6. The standard InChI is InChI=1S/C38H51N7O4Si/c1-36(2,3)49-35(46)45-22-38(7,23-48-50(9,10)37(4,5)6)28-18-24(17-25(20-39)32(28)45)29-13-15-40-34(42-29)43-31-19-26-21-44(27-11-12-27)16-14-30(26)41-33(31)47-8/h13,15,17-19,27H,11-12,14,16,21-23H2,1-10H3,(H,40,42,43)/t38-/m1/s1. The van der Waals surface area contributed by atoms with Gasteiger partial charge in [-0.3, -0.25) is 9.80 Å². The molecule has 3 aliphatic rings. The Hall–Kier alpha value is -4.05. The number of nitrogens with zero attached hydrogens (tertiary/aromatic N) is 6. The number of ether oxygens (including phenoxy) is 2. The largest absolute Gasteiger partial charge is 0.480 e. The summed E-state index contributed by atoms with van der Waals surface area (Å²) in [5.74, 6) is 0.887. The fourth-order valence-electron chi connectivity index (χ4n) is 6.46. The molecule has 1 saturated carbocycles. The molecule has 1 aliphatic carbocycles. The molecule has 0 spiro atoms. The van der Waals surface area contributed by atoms with Gasteiger partial charge in [-0.15, -0.1) is 0 Å². The number of fused-ring (bicyclic) bond motifs is 2. The van der Waals surface area contributed by atoms with Crippen LogP contribution < -0.4 is 15.0 Å². The first-order valence-corrected chi connectivity index (χ1v) is 20.5. The van der Waals surface area contributed by atoms with Crippen LogP contribution in [0.25, 0.3) is 11.3 Å². The number of pyridine rings is 1. The second-order valence-electron chi connectivity index (χ2n) is 16.7. The number of benzene rings is 1. The number of hydrogen-bond donors (Lipinski definition) is 1. The Morgan fingerprint density at radius 2 is 1.88 bits per heavy atom. The first-order valence-electron chi connectivity index (χ1n) is 17.6. The number of rotatable bonds is 8. The molecular formula is C38H51N7O4Si. The van der Waals surface area contributed by atoms with E-state index < -0.39 is 25.4 Å². The summed E-state index contributed by atoms with van der Waals surface area (Å²) in [4.78, 5) is 32.0. The van der Waals surface area contributed by atoms with Crippen LogP contribution in [0.15, 0.2) is 30.5 Å². The van der Waals surface area contributed by atoms with Crippen molar-refractivity contribution in [3.63, 3.8) is 0 Å². The summed E-state index contributed by atoms with van der Waals surface area (Å²) < 4.78 is 18.3. The third-order valence-corrected chi connectivity index (χ3v) is 14.9. The van der Waals surface area contributed by atoms with Crippen LogP contribution in [0.2, 0.25) is 18.1 Å². The zero-order chi connectivity index (χ0) is 36.2. The predicted octanol–water partition coefficient (Wildman–Crippen LogP) is 7.72. The molecule has 266 valence electrons. The molecule has 3 aromatic rings. The van der Waals surface area contributed by atoms with Crippen molar-refractivity contribution < 1.29 is 18.7 Å². The highest BCUT2D eigenvalue weighted by Crippen LogP contribution is 2.47. The number of hydrogen-bond acceptors (Lipinski definition) is 10. The lowest BCUT2D eigenvalue weighted by Gasteiger charge is -2.39.